The van der Waals surface area contributed by atoms with E-state index >= 15 is 0 Å². The first kappa shape index (κ1) is 28.3. The molecular weight excluding hydrogens is 514 g/mol. The highest BCUT2D eigenvalue weighted by Gasteiger charge is 2.39. The average molecular weight is 554 g/mol. The molecule has 0 spiro atoms. The smallest absolute Gasteiger partial charge is 0.227 e. The summed E-state index contributed by atoms with van der Waals surface area (Å²) in [6.07, 6.45) is 3.13. The maximum Gasteiger partial charge on any atom is 0.227 e. The van der Waals surface area contributed by atoms with Crippen LogP contribution < -0.4 is 11.5 Å². The summed E-state index contributed by atoms with van der Waals surface area (Å²) in [7, 11) is 0. The first-order chi connectivity index (χ1) is 19.8. The third-order valence-corrected chi connectivity index (χ3v) is 8.46. The number of piperazine rings is 1. The monoisotopic (exact) mass is 553 g/mol. The van der Waals surface area contributed by atoms with Crippen LogP contribution in [-0.4, -0.2) is 65.1 Å². The molecule has 8 heteroatoms. The summed E-state index contributed by atoms with van der Waals surface area (Å²) in [4.78, 5) is 48.4. The van der Waals surface area contributed by atoms with Gasteiger partial charge in [0.25, 0.3) is 0 Å². The van der Waals surface area contributed by atoms with Crippen molar-refractivity contribution in [2.24, 2.45) is 22.4 Å². The number of hydrogen-bond donors (Lipinski definition) is 2. The highest BCUT2D eigenvalue weighted by Crippen LogP contribution is 2.29. The van der Waals surface area contributed by atoms with Gasteiger partial charge in [-0.3, -0.25) is 19.4 Å². The predicted octanol–water partition coefficient (Wildman–Crippen LogP) is 3.70. The van der Waals surface area contributed by atoms with E-state index in [4.69, 9.17) is 11.5 Å². The van der Waals surface area contributed by atoms with Crippen molar-refractivity contribution in [3.05, 3.63) is 83.4 Å². The maximum absolute atomic E-state index is 14.1. The molecule has 2 aliphatic rings. The van der Waals surface area contributed by atoms with Gasteiger partial charge in [0, 0.05) is 49.6 Å². The molecule has 1 aliphatic carbocycles. The number of carbonyl (C=O) groups excluding carboxylic acids is 3. The second-order valence-electron chi connectivity index (χ2n) is 11.4. The molecule has 1 saturated heterocycles. The van der Waals surface area contributed by atoms with Crippen molar-refractivity contribution in [1.29, 1.82) is 0 Å². The minimum atomic E-state index is -0.269. The Balaban J connectivity index is 1.33. The number of guanidine groups is 1. The SMILES string of the molecule is C[C@@H]1CN(C(=O)C2CCC(=O)c3ccccc3C2)C(CCCN=C(N)N)CN1C(=O)Cc1ccc2ccccc2c1. The Kier molecular flexibility index (Phi) is 8.67. The number of nitrogens with zero attached hydrogens (tertiary/aromatic N) is 3. The highest BCUT2D eigenvalue weighted by atomic mass is 16.2. The molecule has 3 atom stereocenters. The zero-order valence-corrected chi connectivity index (χ0v) is 23.7. The Bertz CT molecular complexity index is 1460. The fraction of sp³-hybridized carbons (Fsp3) is 0.394. The van der Waals surface area contributed by atoms with Crippen LogP contribution in [0.3, 0.4) is 0 Å². The second-order valence-corrected chi connectivity index (χ2v) is 11.4. The molecule has 2 amide bonds. The van der Waals surface area contributed by atoms with E-state index in [0.29, 0.717) is 58.2 Å². The van der Waals surface area contributed by atoms with Crippen LogP contribution in [0.5, 0.6) is 0 Å². The molecule has 0 aromatic heterocycles. The summed E-state index contributed by atoms with van der Waals surface area (Å²) in [6, 6.07) is 21.6. The van der Waals surface area contributed by atoms with Crippen LogP contribution in [-0.2, 0) is 22.4 Å². The van der Waals surface area contributed by atoms with Gasteiger partial charge in [0.05, 0.1) is 6.42 Å². The van der Waals surface area contributed by atoms with E-state index in [1.54, 1.807) is 0 Å². The quantitative estimate of drug-likeness (QED) is 0.200. The number of carbonyl (C=O) groups is 3. The first-order valence-corrected chi connectivity index (χ1v) is 14.5. The molecule has 5 rings (SSSR count). The van der Waals surface area contributed by atoms with Crippen LogP contribution in [0.1, 0.15) is 54.1 Å². The van der Waals surface area contributed by atoms with Crippen molar-refractivity contribution in [3.8, 4) is 0 Å². The van der Waals surface area contributed by atoms with E-state index in [-0.39, 0.29) is 41.6 Å². The van der Waals surface area contributed by atoms with E-state index in [2.05, 4.69) is 29.3 Å². The van der Waals surface area contributed by atoms with Gasteiger partial charge in [-0.1, -0.05) is 66.7 Å². The van der Waals surface area contributed by atoms with Gasteiger partial charge in [0.15, 0.2) is 11.7 Å². The fourth-order valence-corrected chi connectivity index (χ4v) is 6.29. The molecule has 0 radical (unpaired) electrons. The molecule has 0 bridgehead atoms. The number of fused-ring (bicyclic) bond motifs is 2. The lowest BCUT2D eigenvalue weighted by Gasteiger charge is -2.46. The number of Topliss-reactive ketones (excluding diaryl/α,β-unsaturated/α-hetero) is 1. The van der Waals surface area contributed by atoms with Gasteiger partial charge in [-0.2, -0.15) is 0 Å². The van der Waals surface area contributed by atoms with E-state index in [9.17, 15) is 14.4 Å². The normalized spacial score (nSPS) is 20.8. The topological polar surface area (TPSA) is 122 Å². The summed E-state index contributed by atoms with van der Waals surface area (Å²) in [5.74, 6) is -0.000825. The van der Waals surface area contributed by atoms with E-state index < -0.39 is 0 Å². The molecule has 4 N–H and O–H groups in total. The Morgan fingerprint density at radius 3 is 2.51 bits per heavy atom. The molecule has 8 nitrogen and oxygen atoms in total. The fourth-order valence-electron chi connectivity index (χ4n) is 6.29. The molecule has 1 heterocycles. The van der Waals surface area contributed by atoms with Gasteiger partial charge in [-0.15, -0.1) is 0 Å². The van der Waals surface area contributed by atoms with Crippen molar-refractivity contribution in [3.63, 3.8) is 0 Å². The third kappa shape index (κ3) is 6.59. The van der Waals surface area contributed by atoms with Crippen LogP contribution in [0.4, 0.5) is 0 Å². The minimum Gasteiger partial charge on any atom is -0.370 e. The number of aliphatic imine (C=N–C) groups is 1. The van der Waals surface area contributed by atoms with Gasteiger partial charge >= 0.3 is 0 Å². The highest BCUT2D eigenvalue weighted by molar-refractivity contribution is 5.98. The summed E-state index contributed by atoms with van der Waals surface area (Å²) in [5.41, 5.74) is 13.7. The molecule has 3 aromatic carbocycles. The molecule has 2 unspecified atom stereocenters. The Morgan fingerprint density at radius 1 is 0.951 bits per heavy atom. The van der Waals surface area contributed by atoms with Crippen molar-refractivity contribution < 1.29 is 14.4 Å². The predicted molar refractivity (Wildman–Crippen MR) is 161 cm³/mol. The van der Waals surface area contributed by atoms with Crippen molar-refractivity contribution in [2.45, 2.75) is 57.5 Å². The van der Waals surface area contributed by atoms with Gasteiger partial charge < -0.3 is 21.3 Å². The number of amides is 2. The molecule has 1 aliphatic heterocycles. The number of rotatable bonds is 7. The van der Waals surface area contributed by atoms with Crippen LogP contribution in [0.15, 0.2) is 71.7 Å². The van der Waals surface area contributed by atoms with Gasteiger partial charge in [0.2, 0.25) is 11.8 Å². The number of nitrogens with two attached hydrogens (primary N) is 2. The lowest BCUT2D eigenvalue weighted by molar-refractivity contribution is -0.149. The lowest BCUT2D eigenvalue weighted by atomic mass is 9.92. The maximum atomic E-state index is 14.1. The largest absolute Gasteiger partial charge is 0.370 e. The summed E-state index contributed by atoms with van der Waals surface area (Å²) in [5, 5.41) is 2.26. The van der Waals surface area contributed by atoms with E-state index in [1.165, 1.54) is 0 Å². The summed E-state index contributed by atoms with van der Waals surface area (Å²) < 4.78 is 0. The zero-order chi connectivity index (χ0) is 28.9. The molecule has 0 saturated carbocycles. The summed E-state index contributed by atoms with van der Waals surface area (Å²) in [6.45, 7) is 3.40. The first-order valence-electron chi connectivity index (χ1n) is 14.5. The van der Waals surface area contributed by atoms with E-state index in [0.717, 1.165) is 27.5 Å². The average Bonchev–Trinajstić information content (AvgIpc) is 3.14. The van der Waals surface area contributed by atoms with Gasteiger partial charge in [-0.25, -0.2) is 0 Å². The summed E-state index contributed by atoms with van der Waals surface area (Å²) >= 11 is 0. The second kappa shape index (κ2) is 12.5. The number of hydrogen-bond acceptors (Lipinski definition) is 4. The Hall–Kier alpha value is -4.20. The van der Waals surface area contributed by atoms with Crippen molar-refractivity contribution in [1.82, 2.24) is 9.80 Å². The lowest BCUT2D eigenvalue weighted by Crippen LogP contribution is -2.61. The molecule has 214 valence electrons. The van der Waals surface area contributed by atoms with Crippen molar-refractivity contribution in [2.75, 3.05) is 19.6 Å². The molecule has 41 heavy (non-hydrogen) atoms. The molecular formula is C33H39N5O3. The number of ketones is 1. The Labute approximate surface area is 241 Å². The van der Waals surface area contributed by atoms with Crippen LogP contribution in [0.2, 0.25) is 0 Å². The van der Waals surface area contributed by atoms with E-state index in [1.807, 2.05) is 59.2 Å². The van der Waals surface area contributed by atoms with Gasteiger partial charge in [0.1, 0.15) is 0 Å². The minimum absolute atomic E-state index is 0.0455. The molecule has 1 fully saturated rings. The number of benzene rings is 3. The van der Waals surface area contributed by atoms with Crippen LogP contribution in [0.25, 0.3) is 10.8 Å². The Morgan fingerprint density at radius 2 is 1.71 bits per heavy atom. The zero-order valence-electron chi connectivity index (χ0n) is 23.7. The van der Waals surface area contributed by atoms with Crippen LogP contribution >= 0.6 is 0 Å². The third-order valence-electron chi connectivity index (χ3n) is 8.46. The van der Waals surface area contributed by atoms with Crippen molar-refractivity contribution >= 4 is 34.3 Å². The van der Waals surface area contributed by atoms with Crippen LogP contribution in [0, 0.1) is 5.92 Å². The molecule has 3 aromatic rings. The van der Waals surface area contributed by atoms with Gasteiger partial charge in [-0.05, 0) is 54.5 Å². The standard InChI is InChI=1S/C33H39N5O3/c1-22-20-38(32(41)27-14-15-30(39)29-11-5-4-9-26(29)19-27)28(10-6-16-36-33(34)35)21-37(22)31(40)18-23-12-13-24-7-2-3-8-25(24)17-23/h2-5,7-9,11-13,17,22,27-28H,6,10,14-16,18-21H2,1H3,(H4,34,35,36)/t22-,27?,28?/m1/s1.